The Hall–Kier alpha value is -5.22. The molecule has 1 saturated carbocycles. The fourth-order valence-corrected chi connectivity index (χ4v) is 7.70. The molecule has 0 bridgehead atoms. The summed E-state index contributed by atoms with van der Waals surface area (Å²) in [5, 5.41) is 2.06. The Morgan fingerprint density at radius 3 is 2.13 bits per heavy atom. The van der Waals surface area contributed by atoms with E-state index in [1.165, 1.54) is 76.6 Å². The van der Waals surface area contributed by atoms with Crippen molar-refractivity contribution in [3.05, 3.63) is 161 Å². The van der Waals surface area contributed by atoms with E-state index in [-0.39, 0.29) is 20.1 Å². The number of fused-ring (bicyclic) bond motifs is 3. The van der Waals surface area contributed by atoms with Gasteiger partial charge in [0.05, 0.1) is 11.3 Å². The molecule has 1 aliphatic rings. The van der Waals surface area contributed by atoms with E-state index in [0.29, 0.717) is 11.6 Å². The van der Waals surface area contributed by atoms with Crippen molar-refractivity contribution >= 4 is 22.1 Å². The van der Waals surface area contributed by atoms with Gasteiger partial charge in [-0.05, 0) is 97.8 Å². The molecule has 55 heavy (non-hydrogen) atoms. The van der Waals surface area contributed by atoms with Gasteiger partial charge in [0.1, 0.15) is 0 Å². The maximum atomic E-state index is 6.44. The standard InChI is InChI=1S/C36H31N2O.C14H14N.Ir/c1-23-20-27(25-10-5-3-6-11-25)16-17-28(23)33-19-18-30-29-14-9-15-31(35(29)39-36(30)38-33)34-21-24(2)32(22-37-34)26-12-7-4-8-13-26;1-10-4-6-13(7-5-10)14-8-11(2)12(3)9-15-14;/h3,5-6,9-11,14,16-22,26H,4,7-8,12-13H2,1-2H3;4-6,8-9H,1-3H3;/q2*-1;. The molecule has 0 amide bonds. The summed E-state index contributed by atoms with van der Waals surface area (Å²) in [6, 6.07) is 42.4. The molecule has 0 spiro atoms. The monoisotopic (exact) mass is 896 g/mol. The molecule has 1 aliphatic carbocycles. The van der Waals surface area contributed by atoms with E-state index >= 15 is 0 Å². The maximum Gasteiger partial charge on any atom is 0.216 e. The summed E-state index contributed by atoms with van der Waals surface area (Å²) in [7, 11) is 0. The summed E-state index contributed by atoms with van der Waals surface area (Å²) in [6.07, 6.45) is 10.6. The Morgan fingerprint density at radius 2 is 1.40 bits per heavy atom. The van der Waals surface area contributed by atoms with Gasteiger partial charge in [0.2, 0.25) is 5.71 Å². The Morgan fingerprint density at radius 1 is 0.618 bits per heavy atom. The van der Waals surface area contributed by atoms with Gasteiger partial charge in [0.25, 0.3) is 0 Å². The zero-order valence-electron chi connectivity index (χ0n) is 32.2. The van der Waals surface area contributed by atoms with Gasteiger partial charge in [-0.2, -0.15) is 0 Å². The first-order valence-electron chi connectivity index (χ1n) is 19.1. The Kier molecular flexibility index (Phi) is 11.5. The number of rotatable bonds is 5. The number of pyridine rings is 3. The van der Waals surface area contributed by atoms with Crippen molar-refractivity contribution in [2.75, 3.05) is 0 Å². The first-order chi connectivity index (χ1) is 26.3. The molecular weight excluding hydrogens is 851 g/mol. The summed E-state index contributed by atoms with van der Waals surface area (Å²) in [5.74, 6) is 0.638. The van der Waals surface area contributed by atoms with E-state index in [2.05, 4.69) is 143 Å². The van der Waals surface area contributed by atoms with Gasteiger partial charge in [-0.15, -0.1) is 53.6 Å². The first kappa shape index (κ1) is 38.1. The molecule has 0 N–H and O–H groups in total. The van der Waals surface area contributed by atoms with Gasteiger partial charge in [-0.25, -0.2) is 4.98 Å². The summed E-state index contributed by atoms with van der Waals surface area (Å²) in [4.78, 5) is 14.3. The predicted molar refractivity (Wildman–Crippen MR) is 222 cm³/mol. The number of aryl methyl sites for hydroxylation is 5. The minimum absolute atomic E-state index is 0. The third kappa shape index (κ3) is 8.10. The minimum Gasteiger partial charge on any atom is -0.486 e. The van der Waals surface area contributed by atoms with Crippen LogP contribution in [0.4, 0.5) is 0 Å². The number of furan rings is 1. The number of benzene rings is 4. The van der Waals surface area contributed by atoms with Gasteiger partial charge in [-0.3, -0.25) is 0 Å². The summed E-state index contributed by atoms with van der Waals surface area (Å²) in [6.45, 7) is 10.6. The molecule has 0 aliphatic heterocycles. The van der Waals surface area contributed by atoms with Crippen LogP contribution in [-0.2, 0) is 20.1 Å². The van der Waals surface area contributed by atoms with Crippen molar-refractivity contribution in [2.45, 2.75) is 72.6 Å². The fourth-order valence-electron chi connectivity index (χ4n) is 7.70. The number of hydrogen-bond acceptors (Lipinski definition) is 4. The van der Waals surface area contributed by atoms with Crippen molar-refractivity contribution in [3.8, 4) is 44.9 Å². The van der Waals surface area contributed by atoms with E-state index < -0.39 is 0 Å². The van der Waals surface area contributed by atoms with Crippen LogP contribution in [0.25, 0.3) is 67.0 Å². The van der Waals surface area contributed by atoms with Crippen LogP contribution in [-0.4, -0.2) is 15.0 Å². The second-order valence-electron chi connectivity index (χ2n) is 14.8. The van der Waals surface area contributed by atoms with E-state index in [4.69, 9.17) is 14.4 Å². The zero-order valence-corrected chi connectivity index (χ0v) is 34.6. The fraction of sp³-hybridized carbons (Fsp3) is 0.220. The molecule has 8 aromatic rings. The van der Waals surface area contributed by atoms with Crippen molar-refractivity contribution in [3.63, 3.8) is 0 Å². The summed E-state index contributed by atoms with van der Waals surface area (Å²) >= 11 is 0. The average Bonchev–Trinajstić information content (AvgIpc) is 3.58. The Bertz CT molecular complexity index is 2580. The first-order valence-corrected chi connectivity index (χ1v) is 19.1. The van der Waals surface area contributed by atoms with Gasteiger partial charge in [0, 0.05) is 43.4 Å². The van der Waals surface area contributed by atoms with E-state index in [1.54, 1.807) is 0 Å². The molecule has 5 heteroatoms. The second-order valence-corrected chi connectivity index (χ2v) is 14.8. The molecule has 277 valence electrons. The van der Waals surface area contributed by atoms with Crippen molar-refractivity contribution in [2.24, 2.45) is 0 Å². The maximum absolute atomic E-state index is 6.44. The van der Waals surface area contributed by atoms with E-state index in [0.717, 1.165) is 50.1 Å². The van der Waals surface area contributed by atoms with Gasteiger partial charge in [0.15, 0.2) is 0 Å². The molecule has 9 rings (SSSR count). The Balaban J connectivity index is 0.000000245. The molecular formula is C50H45IrN3O-2. The molecule has 4 aromatic heterocycles. The largest absolute Gasteiger partial charge is 0.486 e. The molecule has 0 saturated heterocycles. The number of hydrogen-bond donors (Lipinski definition) is 0. The van der Waals surface area contributed by atoms with Crippen molar-refractivity contribution in [1.29, 1.82) is 0 Å². The topological polar surface area (TPSA) is 51.8 Å². The molecule has 4 heterocycles. The van der Waals surface area contributed by atoms with Crippen LogP contribution in [0.5, 0.6) is 0 Å². The number of aromatic nitrogens is 3. The predicted octanol–water partition coefficient (Wildman–Crippen LogP) is 13.3. The van der Waals surface area contributed by atoms with Gasteiger partial charge >= 0.3 is 0 Å². The van der Waals surface area contributed by atoms with Crippen LogP contribution in [0.3, 0.4) is 0 Å². The number of nitrogens with zero attached hydrogens (tertiary/aromatic N) is 3. The van der Waals surface area contributed by atoms with Crippen LogP contribution in [0.2, 0.25) is 0 Å². The molecule has 0 unspecified atom stereocenters. The summed E-state index contributed by atoms with van der Waals surface area (Å²) < 4.78 is 6.44. The quantitative estimate of drug-likeness (QED) is 0.162. The Labute approximate surface area is 338 Å². The molecule has 1 radical (unpaired) electrons. The van der Waals surface area contributed by atoms with Crippen LogP contribution in [0, 0.1) is 46.8 Å². The second kappa shape index (κ2) is 16.7. The summed E-state index contributed by atoms with van der Waals surface area (Å²) in [5.41, 5.74) is 17.4. The average molecular weight is 896 g/mol. The van der Waals surface area contributed by atoms with Crippen molar-refractivity contribution < 1.29 is 24.5 Å². The van der Waals surface area contributed by atoms with E-state index in [1.807, 2.05) is 24.4 Å². The van der Waals surface area contributed by atoms with Crippen LogP contribution >= 0.6 is 0 Å². The van der Waals surface area contributed by atoms with Crippen LogP contribution < -0.4 is 0 Å². The zero-order chi connectivity index (χ0) is 37.2. The third-order valence-electron chi connectivity index (χ3n) is 11.0. The van der Waals surface area contributed by atoms with Crippen molar-refractivity contribution in [1.82, 2.24) is 15.0 Å². The van der Waals surface area contributed by atoms with Crippen LogP contribution in [0.1, 0.15) is 71.4 Å². The molecule has 4 nitrogen and oxygen atoms in total. The molecule has 4 aromatic carbocycles. The SMILES string of the molecule is Cc1c[c-]c(-c2cc(C)c(C)cn2)cc1.Cc1cc(-c2ccccc2)ccc1-c1ccc2c(n1)oc1c(-c3cc(C)c(C4CCCCC4)cn3)[c-]ccc12.[Ir]. The molecule has 0 atom stereocenters. The van der Waals surface area contributed by atoms with Crippen LogP contribution in [0.15, 0.2) is 120 Å². The molecule has 1 fully saturated rings. The minimum atomic E-state index is 0. The van der Waals surface area contributed by atoms with E-state index in [9.17, 15) is 0 Å². The smallest absolute Gasteiger partial charge is 0.216 e. The van der Waals surface area contributed by atoms with Gasteiger partial charge < -0.3 is 14.4 Å². The third-order valence-corrected chi connectivity index (χ3v) is 11.0. The van der Waals surface area contributed by atoms with Gasteiger partial charge in [-0.1, -0.05) is 109 Å². The normalized spacial score (nSPS) is 13.0.